The van der Waals surface area contributed by atoms with E-state index in [-0.39, 0.29) is 5.41 Å². The predicted molar refractivity (Wildman–Crippen MR) is 133 cm³/mol. The summed E-state index contributed by atoms with van der Waals surface area (Å²) in [6, 6.07) is 43.7. The Hall–Kier alpha value is -2.90. The highest BCUT2D eigenvalue weighted by molar-refractivity contribution is 7.11. The second-order valence-corrected chi connectivity index (χ2v) is 13.0. The Bertz CT molecular complexity index is 981. The molecule has 4 rings (SSSR count). The van der Waals surface area contributed by atoms with Crippen molar-refractivity contribution in [3.63, 3.8) is 0 Å². The van der Waals surface area contributed by atoms with Crippen molar-refractivity contribution in [3.8, 4) is 0 Å². The van der Waals surface area contributed by atoms with Gasteiger partial charge >= 0.3 is 0 Å². The molecular weight excluding hydrogens is 376 g/mol. The van der Waals surface area contributed by atoms with Gasteiger partial charge in [0.05, 0.1) is 0 Å². The number of rotatable bonds is 5. The van der Waals surface area contributed by atoms with E-state index in [1.54, 1.807) is 0 Å². The van der Waals surface area contributed by atoms with Gasteiger partial charge in [-0.2, -0.15) is 0 Å². The van der Waals surface area contributed by atoms with Gasteiger partial charge < -0.3 is 0 Å². The molecule has 0 aliphatic carbocycles. The zero-order valence-electron chi connectivity index (χ0n) is 18.2. The van der Waals surface area contributed by atoms with Gasteiger partial charge in [0.2, 0.25) is 0 Å². The molecule has 0 amide bonds. The summed E-state index contributed by atoms with van der Waals surface area (Å²) >= 11 is 0. The molecule has 1 heteroatoms. The second-order valence-electron chi connectivity index (χ2n) is 9.09. The molecule has 4 aromatic rings. The molecule has 0 fully saturated rings. The van der Waals surface area contributed by atoms with Crippen molar-refractivity contribution in [2.75, 3.05) is 0 Å². The van der Waals surface area contributed by atoms with Crippen LogP contribution in [-0.2, 0) is 11.5 Å². The maximum absolute atomic E-state index is 2.34. The molecule has 4 aromatic carbocycles. The van der Waals surface area contributed by atoms with Crippen molar-refractivity contribution < 1.29 is 0 Å². The number of benzene rings is 4. The molecule has 30 heavy (non-hydrogen) atoms. The molecule has 0 atom stereocenters. The van der Waals surface area contributed by atoms with Crippen LogP contribution < -0.4 is 15.6 Å². The summed E-state index contributed by atoms with van der Waals surface area (Å²) in [5.41, 5.74) is 3.03. The highest BCUT2D eigenvalue weighted by Gasteiger charge is 2.40. The van der Waals surface area contributed by atoms with E-state index in [2.05, 4.69) is 136 Å². The van der Waals surface area contributed by atoms with Gasteiger partial charge in [0.25, 0.3) is 0 Å². The Morgan fingerprint density at radius 1 is 0.500 bits per heavy atom. The summed E-state index contributed by atoms with van der Waals surface area (Å²) < 4.78 is 0. The lowest BCUT2D eigenvalue weighted by atomic mass is 9.84. The average Bonchev–Trinajstić information content (AvgIpc) is 2.79. The van der Waals surface area contributed by atoms with Crippen LogP contribution in [0.25, 0.3) is 0 Å². The standard InChI is InChI=1S/C29H30Si/c1-29(2,3)28-22-14-13-15-24(28)23-30(25-16-7-4-8-17-25,26-18-9-5-10-19-26)27-20-11-6-12-21-27/h4-22H,23H2,1-3H3. The van der Waals surface area contributed by atoms with Gasteiger partial charge in [0, 0.05) is 0 Å². The third-order valence-corrected chi connectivity index (χ3v) is 10.9. The van der Waals surface area contributed by atoms with Gasteiger partial charge in [-0.3, -0.25) is 0 Å². The van der Waals surface area contributed by atoms with Crippen LogP contribution in [0.5, 0.6) is 0 Å². The quantitative estimate of drug-likeness (QED) is 0.314. The molecule has 150 valence electrons. The summed E-state index contributed by atoms with van der Waals surface area (Å²) in [5, 5.41) is 4.39. The smallest absolute Gasteiger partial charge is 0.0624 e. The van der Waals surface area contributed by atoms with E-state index in [4.69, 9.17) is 0 Å². The lowest BCUT2D eigenvalue weighted by Crippen LogP contribution is -2.69. The van der Waals surface area contributed by atoms with Gasteiger partial charge in [-0.05, 0) is 38.1 Å². The monoisotopic (exact) mass is 406 g/mol. The first-order valence-electron chi connectivity index (χ1n) is 10.8. The predicted octanol–water partition coefficient (Wildman–Crippen LogP) is 5.24. The van der Waals surface area contributed by atoms with Crippen LogP contribution in [-0.4, -0.2) is 8.07 Å². The minimum Gasteiger partial charge on any atom is -0.0624 e. The van der Waals surface area contributed by atoms with Gasteiger partial charge in [-0.15, -0.1) is 0 Å². The van der Waals surface area contributed by atoms with Crippen molar-refractivity contribution >= 4 is 23.6 Å². The van der Waals surface area contributed by atoms with E-state index in [1.165, 1.54) is 26.7 Å². The van der Waals surface area contributed by atoms with Crippen LogP contribution in [0.1, 0.15) is 31.9 Å². The fourth-order valence-electron chi connectivity index (χ4n) is 4.67. The fourth-order valence-corrected chi connectivity index (χ4v) is 9.44. The van der Waals surface area contributed by atoms with Gasteiger partial charge in [0.1, 0.15) is 0 Å². The second kappa shape index (κ2) is 8.45. The highest BCUT2D eigenvalue weighted by atomic mass is 28.3. The Morgan fingerprint density at radius 2 is 0.867 bits per heavy atom. The molecule has 0 unspecified atom stereocenters. The first-order chi connectivity index (χ1) is 14.5. The van der Waals surface area contributed by atoms with Crippen LogP contribution in [0, 0.1) is 0 Å². The number of hydrogen-bond acceptors (Lipinski definition) is 0. The topological polar surface area (TPSA) is 0 Å². The zero-order chi connectivity index (χ0) is 21.0. The van der Waals surface area contributed by atoms with E-state index in [9.17, 15) is 0 Å². The van der Waals surface area contributed by atoms with Crippen molar-refractivity contribution in [3.05, 3.63) is 126 Å². The van der Waals surface area contributed by atoms with Gasteiger partial charge in [-0.1, -0.05) is 136 Å². The molecule has 0 heterocycles. The van der Waals surface area contributed by atoms with Crippen LogP contribution >= 0.6 is 0 Å². The fraction of sp³-hybridized carbons (Fsp3) is 0.172. The zero-order valence-corrected chi connectivity index (χ0v) is 19.2. The summed E-state index contributed by atoms with van der Waals surface area (Å²) in [7, 11) is -2.27. The molecule has 0 N–H and O–H groups in total. The van der Waals surface area contributed by atoms with Crippen molar-refractivity contribution in [1.82, 2.24) is 0 Å². The SMILES string of the molecule is CC(C)(C)c1ccccc1C[Si](c1ccccc1)(c1ccccc1)c1ccccc1. The van der Waals surface area contributed by atoms with Crippen LogP contribution in [0.3, 0.4) is 0 Å². The minimum absolute atomic E-state index is 0.112. The minimum atomic E-state index is -2.27. The Kier molecular flexibility index (Phi) is 5.74. The molecule has 0 spiro atoms. The average molecular weight is 407 g/mol. The van der Waals surface area contributed by atoms with E-state index < -0.39 is 8.07 Å². The van der Waals surface area contributed by atoms with Crippen molar-refractivity contribution in [2.24, 2.45) is 0 Å². The molecule has 0 aliphatic heterocycles. The van der Waals surface area contributed by atoms with Crippen LogP contribution in [0.2, 0.25) is 0 Å². The van der Waals surface area contributed by atoms with E-state index in [1.807, 2.05) is 0 Å². The molecule has 0 bridgehead atoms. The lowest BCUT2D eigenvalue weighted by Gasteiger charge is -2.36. The van der Waals surface area contributed by atoms with Crippen LogP contribution in [0.15, 0.2) is 115 Å². The third-order valence-electron chi connectivity index (χ3n) is 6.08. The van der Waals surface area contributed by atoms with Crippen LogP contribution in [0.4, 0.5) is 0 Å². The number of hydrogen-bond donors (Lipinski definition) is 0. The van der Waals surface area contributed by atoms with Crippen molar-refractivity contribution in [1.29, 1.82) is 0 Å². The molecule has 0 saturated heterocycles. The molecule has 0 saturated carbocycles. The Balaban J connectivity index is 2.02. The van der Waals surface area contributed by atoms with E-state index in [0.717, 1.165) is 6.04 Å². The van der Waals surface area contributed by atoms with Gasteiger partial charge in [-0.25, -0.2) is 0 Å². The first kappa shape index (κ1) is 20.4. The Labute approximate surface area is 182 Å². The summed E-state index contributed by atoms with van der Waals surface area (Å²) in [5.74, 6) is 0. The molecular formula is C29H30Si. The molecule has 0 radical (unpaired) electrons. The van der Waals surface area contributed by atoms with E-state index >= 15 is 0 Å². The molecule has 0 aromatic heterocycles. The van der Waals surface area contributed by atoms with Gasteiger partial charge in [0.15, 0.2) is 8.07 Å². The molecule has 0 nitrogen and oxygen atoms in total. The normalized spacial score (nSPS) is 12.0. The maximum atomic E-state index is 2.34. The third kappa shape index (κ3) is 3.90. The summed E-state index contributed by atoms with van der Waals surface area (Å²) in [6.45, 7) is 6.97. The van der Waals surface area contributed by atoms with Crippen molar-refractivity contribution in [2.45, 2.75) is 32.2 Å². The Morgan fingerprint density at radius 3 is 1.27 bits per heavy atom. The summed E-state index contributed by atoms with van der Waals surface area (Å²) in [6.07, 6.45) is 0. The largest absolute Gasteiger partial charge is 0.152 e. The molecule has 0 aliphatic rings. The maximum Gasteiger partial charge on any atom is 0.152 e. The lowest BCUT2D eigenvalue weighted by molar-refractivity contribution is 0.585. The summed E-state index contributed by atoms with van der Waals surface area (Å²) in [4.78, 5) is 0. The highest BCUT2D eigenvalue weighted by Crippen LogP contribution is 2.28. The first-order valence-corrected chi connectivity index (χ1v) is 13.0. The van der Waals surface area contributed by atoms with E-state index in [0.29, 0.717) is 0 Å².